The lowest BCUT2D eigenvalue weighted by atomic mass is 9.70. The Hall–Kier alpha value is -0.0800. The standard InChI is InChI=1S/C16H30N2/c1-16(2)9-3-4-14(15(16)17)18(10-12-5-6-12)11-13-7-8-13/h12-15H,3-11,17H2,1-2H3. The molecule has 104 valence electrons. The Bertz CT molecular complexity index is 277. The van der Waals surface area contributed by atoms with E-state index in [1.807, 2.05) is 0 Å². The van der Waals surface area contributed by atoms with Gasteiger partial charge in [-0.05, 0) is 55.8 Å². The van der Waals surface area contributed by atoms with Crippen molar-refractivity contribution in [3.8, 4) is 0 Å². The van der Waals surface area contributed by atoms with Gasteiger partial charge in [-0.3, -0.25) is 4.90 Å². The van der Waals surface area contributed by atoms with E-state index >= 15 is 0 Å². The van der Waals surface area contributed by atoms with E-state index in [-0.39, 0.29) is 0 Å². The minimum atomic E-state index is 0.342. The smallest absolute Gasteiger partial charge is 0.0252 e. The van der Waals surface area contributed by atoms with Crippen molar-refractivity contribution in [1.29, 1.82) is 0 Å². The Morgan fingerprint density at radius 2 is 1.56 bits per heavy atom. The third-order valence-electron chi connectivity index (χ3n) is 5.49. The number of hydrogen-bond donors (Lipinski definition) is 1. The third kappa shape index (κ3) is 2.91. The van der Waals surface area contributed by atoms with Crippen LogP contribution in [0.3, 0.4) is 0 Å². The summed E-state index contributed by atoms with van der Waals surface area (Å²) in [5.74, 6) is 2.00. The Kier molecular flexibility index (Phi) is 3.44. The van der Waals surface area contributed by atoms with Crippen LogP contribution in [-0.4, -0.2) is 30.1 Å². The van der Waals surface area contributed by atoms with E-state index in [2.05, 4.69) is 18.7 Å². The lowest BCUT2D eigenvalue weighted by molar-refractivity contribution is 0.0614. The van der Waals surface area contributed by atoms with Gasteiger partial charge in [0.25, 0.3) is 0 Å². The predicted molar refractivity (Wildman–Crippen MR) is 76.4 cm³/mol. The molecule has 3 rings (SSSR count). The summed E-state index contributed by atoms with van der Waals surface area (Å²) in [6.07, 6.45) is 9.88. The average molecular weight is 250 g/mol. The summed E-state index contributed by atoms with van der Waals surface area (Å²) in [5.41, 5.74) is 6.95. The summed E-state index contributed by atoms with van der Waals surface area (Å²) < 4.78 is 0. The molecular weight excluding hydrogens is 220 g/mol. The molecule has 2 N–H and O–H groups in total. The molecule has 3 fully saturated rings. The summed E-state index contributed by atoms with van der Waals surface area (Å²) >= 11 is 0. The molecule has 0 aromatic carbocycles. The van der Waals surface area contributed by atoms with E-state index < -0.39 is 0 Å². The second-order valence-electron chi connectivity index (χ2n) is 7.81. The van der Waals surface area contributed by atoms with E-state index in [1.165, 1.54) is 58.0 Å². The molecule has 2 atom stereocenters. The molecule has 0 aromatic heterocycles. The van der Waals surface area contributed by atoms with Crippen LogP contribution >= 0.6 is 0 Å². The molecule has 3 saturated carbocycles. The monoisotopic (exact) mass is 250 g/mol. The maximum Gasteiger partial charge on any atom is 0.0252 e. The largest absolute Gasteiger partial charge is 0.326 e. The lowest BCUT2D eigenvalue weighted by Gasteiger charge is -2.47. The van der Waals surface area contributed by atoms with Gasteiger partial charge in [0.1, 0.15) is 0 Å². The molecule has 3 aliphatic rings. The first kappa shape index (κ1) is 12.9. The molecular formula is C16H30N2. The molecule has 0 heterocycles. The molecule has 0 spiro atoms. The second kappa shape index (κ2) is 4.79. The van der Waals surface area contributed by atoms with Crippen LogP contribution in [-0.2, 0) is 0 Å². The molecule has 2 heteroatoms. The molecule has 2 unspecified atom stereocenters. The molecule has 0 radical (unpaired) electrons. The summed E-state index contributed by atoms with van der Waals surface area (Å²) in [4.78, 5) is 2.79. The van der Waals surface area contributed by atoms with Crippen molar-refractivity contribution in [2.45, 2.75) is 70.9 Å². The summed E-state index contributed by atoms with van der Waals surface area (Å²) in [6, 6.07) is 1.04. The number of nitrogens with zero attached hydrogens (tertiary/aromatic N) is 1. The SMILES string of the molecule is CC1(C)CCCC(N(CC2CC2)CC2CC2)C1N. The van der Waals surface area contributed by atoms with Gasteiger partial charge in [-0.15, -0.1) is 0 Å². The Labute approximate surface area is 112 Å². The fourth-order valence-corrected chi connectivity index (χ4v) is 3.65. The van der Waals surface area contributed by atoms with Gasteiger partial charge >= 0.3 is 0 Å². The Morgan fingerprint density at radius 3 is 2.06 bits per heavy atom. The molecule has 0 saturated heterocycles. The maximum atomic E-state index is 6.61. The van der Waals surface area contributed by atoms with Gasteiger partial charge in [0.05, 0.1) is 0 Å². The molecule has 0 aliphatic heterocycles. The van der Waals surface area contributed by atoms with Crippen molar-refractivity contribution in [2.24, 2.45) is 23.0 Å². The first-order valence-corrected chi connectivity index (χ1v) is 8.06. The van der Waals surface area contributed by atoms with Gasteiger partial charge in [-0.1, -0.05) is 20.3 Å². The zero-order valence-electron chi connectivity index (χ0n) is 12.2. The fourth-order valence-electron chi connectivity index (χ4n) is 3.65. The van der Waals surface area contributed by atoms with E-state index in [0.717, 1.165) is 11.8 Å². The van der Waals surface area contributed by atoms with Crippen molar-refractivity contribution in [3.63, 3.8) is 0 Å². The quantitative estimate of drug-likeness (QED) is 0.812. The van der Waals surface area contributed by atoms with Crippen molar-refractivity contribution in [3.05, 3.63) is 0 Å². The van der Waals surface area contributed by atoms with E-state index in [0.29, 0.717) is 17.5 Å². The van der Waals surface area contributed by atoms with Gasteiger partial charge in [-0.2, -0.15) is 0 Å². The molecule has 18 heavy (non-hydrogen) atoms. The van der Waals surface area contributed by atoms with Gasteiger partial charge < -0.3 is 5.73 Å². The predicted octanol–water partition coefficient (Wildman–Crippen LogP) is 3.01. The van der Waals surface area contributed by atoms with E-state index in [9.17, 15) is 0 Å². The van der Waals surface area contributed by atoms with Crippen LogP contribution in [0.25, 0.3) is 0 Å². The third-order valence-corrected chi connectivity index (χ3v) is 5.49. The summed E-state index contributed by atoms with van der Waals surface area (Å²) in [6.45, 7) is 7.42. The minimum absolute atomic E-state index is 0.342. The van der Waals surface area contributed by atoms with Gasteiger partial charge in [-0.25, -0.2) is 0 Å². The molecule has 0 bridgehead atoms. The van der Waals surface area contributed by atoms with Gasteiger partial charge in [0.15, 0.2) is 0 Å². The molecule has 2 nitrogen and oxygen atoms in total. The maximum absolute atomic E-state index is 6.61. The zero-order chi connectivity index (χ0) is 12.8. The second-order valence-corrected chi connectivity index (χ2v) is 7.81. The number of rotatable bonds is 5. The Morgan fingerprint density at radius 1 is 1.00 bits per heavy atom. The molecule has 0 amide bonds. The molecule has 3 aliphatic carbocycles. The average Bonchev–Trinajstić information content (AvgIpc) is 3.16. The van der Waals surface area contributed by atoms with Crippen molar-refractivity contribution < 1.29 is 0 Å². The number of hydrogen-bond acceptors (Lipinski definition) is 2. The highest BCUT2D eigenvalue weighted by atomic mass is 15.2. The van der Waals surface area contributed by atoms with Crippen LogP contribution < -0.4 is 5.73 Å². The Balaban J connectivity index is 1.66. The highest BCUT2D eigenvalue weighted by Gasteiger charge is 2.41. The van der Waals surface area contributed by atoms with Crippen LogP contribution in [0.2, 0.25) is 0 Å². The highest BCUT2D eigenvalue weighted by molar-refractivity contribution is 4.98. The van der Waals surface area contributed by atoms with Gasteiger partial charge in [0, 0.05) is 25.2 Å². The van der Waals surface area contributed by atoms with Crippen molar-refractivity contribution in [1.82, 2.24) is 4.90 Å². The normalized spacial score (nSPS) is 36.0. The van der Waals surface area contributed by atoms with E-state index in [4.69, 9.17) is 5.73 Å². The van der Waals surface area contributed by atoms with E-state index in [1.54, 1.807) is 0 Å². The topological polar surface area (TPSA) is 29.3 Å². The van der Waals surface area contributed by atoms with Crippen LogP contribution in [0.1, 0.15) is 58.8 Å². The summed E-state index contributed by atoms with van der Waals surface area (Å²) in [7, 11) is 0. The van der Waals surface area contributed by atoms with Crippen molar-refractivity contribution >= 4 is 0 Å². The number of nitrogens with two attached hydrogens (primary N) is 1. The highest BCUT2D eigenvalue weighted by Crippen LogP contribution is 2.40. The van der Waals surface area contributed by atoms with Crippen molar-refractivity contribution in [2.75, 3.05) is 13.1 Å². The lowest BCUT2D eigenvalue weighted by Crippen LogP contribution is -2.57. The van der Waals surface area contributed by atoms with Crippen LogP contribution in [0.4, 0.5) is 0 Å². The first-order valence-electron chi connectivity index (χ1n) is 8.06. The van der Waals surface area contributed by atoms with Crippen LogP contribution in [0.5, 0.6) is 0 Å². The minimum Gasteiger partial charge on any atom is -0.326 e. The van der Waals surface area contributed by atoms with Gasteiger partial charge in [0.2, 0.25) is 0 Å². The van der Waals surface area contributed by atoms with Crippen LogP contribution in [0, 0.1) is 17.3 Å². The van der Waals surface area contributed by atoms with Crippen LogP contribution in [0.15, 0.2) is 0 Å². The molecule has 0 aromatic rings. The first-order chi connectivity index (χ1) is 8.56. The fraction of sp³-hybridized carbons (Fsp3) is 1.00. The summed E-state index contributed by atoms with van der Waals surface area (Å²) in [5, 5.41) is 0. The zero-order valence-corrected chi connectivity index (χ0v) is 12.2.